The topological polar surface area (TPSA) is 123 Å². The van der Waals surface area contributed by atoms with Gasteiger partial charge in [-0.2, -0.15) is 0 Å². The van der Waals surface area contributed by atoms with Gasteiger partial charge in [0.2, 0.25) is 5.88 Å². The highest BCUT2D eigenvalue weighted by molar-refractivity contribution is 7.92. The van der Waals surface area contributed by atoms with Crippen molar-refractivity contribution in [2.75, 3.05) is 11.8 Å². The van der Waals surface area contributed by atoms with Crippen LogP contribution < -0.4 is 14.8 Å². The molecule has 0 saturated heterocycles. The van der Waals surface area contributed by atoms with Crippen LogP contribution >= 0.6 is 22.7 Å². The molecule has 8 bridgehead atoms. The fourth-order valence-corrected chi connectivity index (χ4v) is 7.53. The average molecular weight is 568 g/mol. The zero-order valence-corrected chi connectivity index (χ0v) is 22.4. The number of nitrogens with zero attached hydrogens (tertiary/aromatic N) is 3. The Morgan fingerprint density at radius 1 is 1.08 bits per heavy atom. The molecule has 13 heteroatoms. The van der Waals surface area contributed by atoms with Crippen molar-refractivity contribution in [1.29, 1.82) is 0 Å². The largest absolute Gasteiger partial charge is 0.480 e. The van der Waals surface area contributed by atoms with Gasteiger partial charge < -0.3 is 10.1 Å². The van der Waals surface area contributed by atoms with Crippen LogP contribution in [0, 0.1) is 12.7 Å². The number of nitrogens with one attached hydrogen (secondary N) is 2. The molecule has 1 amide bonds. The molecular formula is C25H18FN5O4S3. The van der Waals surface area contributed by atoms with Gasteiger partial charge in [0.15, 0.2) is 0 Å². The first kappa shape index (κ1) is 24.4. The maximum absolute atomic E-state index is 14.6. The minimum absolute atomic E-state index is 0.0529. The number of thiophene rings is 2. The van der Waals surface area contributed by atoms with Gasteiger partial charge in [-0.1, -0.05) is 0 Å². The maximum atomic E-state index is 14.6. The molecule has 0 aliphatic carbocycles. The van der Waals surface area contributed by atoms with Crippen LogP contribution in [0.5, 0.6) is 5.88 Å². The van der Waals surface area contributed by atoms with Crippen molar-refractivity contribution in [2.45, 2.75) is 18.4 Å². The molecule has 0 fully saturated rings. The molecule has 0 unspecified atom stereocenters. The Hall–Kier alpha value is -3.94. The average Bonchev–Trinajstić information content (AvgIpc) is 3.51. The number of carbonyl (C=O) groups is 1. The number of aryl methyl sites for hydroxylation is 1. The van der Waals surface area contributed by atoms with Crippen LogP contribution in [-0.2, 0) is 16.6 Å². The van der Waals surface area contributed by atoms with Gasteiger partial charge in [-0.3, -0.25) is 9.52 Å². The highest BCUT2D eigenvalue weighted by atomic mass is 32.2. The quantitative estimate of drug-likeness (QED) is 0.293. The number of aromatic nitrogens is 3. The van der Waals surface area contributed by atoms with E-state index >= 15 is 0 Å². The van der Waals surface area contributed by atoms with Gasteiger partial charge in [0.25, 0.3) is 15.9 Å². The minimum atomic E-state index is -4.24. The van der Waals surface area contributed by atoms with E-state index in [9.17, 15) is 17.6 Å². The highest BCUT2D eigenvalue weighted by Crippen LogP contribution is 2.43. The third kappa shape index (κ3) is 4.08. The summed E-state index contributed by atoms with van der Waals surface area (Å²) in [5.74, 6) is -1.52. The van der Waals surface area contributed by atoms with Gasteiger partial charge in [-0.15, -0.1) is 22.7 Å². The molecule has 0 spiro atoms. The van der Waals surface area contributed by atoms with E-state index in [1.54, 1.807) is 12.3 Å². The molecule has 192 valence electrons. The van der Waals surface area contributed by atoms with Crippen LogP contribution in [-0.4, -0.2) is 36.4 Å². The molecule has 1 aliphatic rings. The van der Waals surface area contributed by atoms with E-state index in [-0.39, 0.29) is 28.6 Å². The molecule has 38 heavy (non-hydrogen) atoms. The predicted molar refractivity (Wildman–Crippen MR) is 144 cm³/mol. The van der Waals surface area contributed by atoms with Crippen LogP contribution in [0.4, 0.5) is 10.1 Å². The van der Waals surface area contributed by atoms with Crippen molar-refractivity contribution in [2.24, 2.45) is 0 Å². The fraction of sp³-hybridized carbons (Fsp3) is 0.120. The number of benzene rings is 1. The van der Waals surface area contributed by atoms with Crippen molar-refractivity contribution < 1.29 is 22.3 Å². The molecule has 5 heterocycles. The number of carbonyl (C=O) groups excluding carboxylic acids is 1. The van der Waals surface area contributed by atoms with Crippen LogP contribution in [0.2, 0.25) is 0 Å². The Balaban J connectivity index is 1.60. The Kier molecular flexibility index (Phi) is 5.85. The van der Waals surface area contributed by atoms with Gasteiger partial charge in [-0.05, 0) is 48.9 Å². The summed E-state index contributed by atoms with van der Waals surface area (Å²) in [6.45, 7) is 2.07. The fourth-order valence-electron chi connectivity index (χ4n) is 4.20. The van der Waals surface area contributed by atoms with E-state index in [0.29, 0.717) is 5.56 Å². The zero-order valence-electron chi connectivity index (χ0n) is 19.9. The molecule has 1 aromatic carbocycles. The number of pyridine rings is 1. The SMILES string of the molecule is COc1ncc2cc1NS(=O)(=O)c1ccc(F)c(c1)C(=O)NCc1ccc(s1)-c1ncnc3c(C)c-2sc13. The van der Waals surface area contributed by atoms with Crippen LogP contribution in [0.3, 0.4) is 0 Å². The molecule has 0 saturated carbocycles. The van der Waals surface area contributed by atoms with Gasteiger partial charge in [0, 0.05) is 21.5 Å². The molecule has 9 nitrogen and oxygen atoms in total. The monoisotopic (exact) mass is 567 g/mol. The molecule has 4 aromatic heterocycles. The number of halogens is 1. The first-order chi connectivity index (χ1) is 18.2. The summed E-state index contributed by atoms with van der Waals surface area (Å²) in [6, 6.07) is 8.46. The third-order valence-electron chi connectivity index (χ3n) is 6.07. The molecule has 1 aliphatic heterocycles. The molecule has 5 aromatic rings. The predicted octanol–water partition coefficient (Wildman–Crippen LogP) is 4.98. The number of sulfonamides is 1. The second-order valence-corrected chi connectivity index (χ2v) is 12.3. The first-order valence-corrected chi connectivity index (χ1v) is 14.3. The number of amides is 1. The van der Waals surface area contributed by atoms with Gasteiger partial charge in [-0.25, -0.2) is 27.8 Å². The summed E-state index contributed by atoms with van der Waals surface area (Å²) in [7, 11) is -2.86. The Bertz CT molecular complexity index is 1870. The van der Waals surface area contributed by atoms with E-state index in [2.05, 4.69) is 25.0 Å². The second kappa shape index (κ2) is 9.11. The number of hydrogen-bond acceptors (Lipinski definition) is 9. The molecule has 2 N–H and O–H groups in total. The molecular weight excluding hydrogens is 550 g/mol. The number of fused-ring (bicyclic) bond motifs is 9. The van der Waals surface area contributed by atoms with Gasteiger partial charge in [0.1, 0.15) is 23.5 Å². The smallest absolute Gasteiger partial charge is 0.262 e. The number of ether oxygens (including phenoxy) is 1. The van der Waals surface area contributed by atoms with Crippen molar-refractivity contribution in [3.8, 4) is 26.9 Å². The summed E-state index contributed by atoms with van der Waals surface area (Å²) in [5, 5.41) is 2.67. The van der Waals surface area contributed by atoms with Crippen molar-refractivity contribution in [3.63, 3.8) is 0 Å². The Labute approximate surface area is 224 Å². The van der Waals surface area contributed by atoms with Crippen LogP contribution in [0.1, 0.15) is 20.8 Å². The first-order valence-electron chi connectivity index (χ1n) is 11.2. The summed E-state index contributed by atoms with van der Waals surface area (Å²) >= 11 is 2.93. The number of hydrogen-bond donors (Lipinski definition) is 2. The van der Waals surface area contributed by atoms with Crippen molar-refractivity contribution >= 4 is 54.5 Å². The number of methoxy groups -OCH3 is 1. The van der Waals surface area contributed by atoms with E-state index in [1.165, 1.54) is 36.1 Å². The van der Waals surface area contributed by atoms with Gasteiger partial charge >= 0.3 is 0 Å². The van der Waals surface area contributed by atoms with Crippen molar-refractivity contribution in [1.82, 2.24) is 20.3 Å². The number of anilines is 1. The zero-order chi connectivity index (χ0) is 26.6. The summed E-state index contributed by atoms with van der Waals surface area (Å²) in [4.78, 5) is 28.4. The van der Waals surface area contributed by atoms with Gasteiger partial charge in [0.05, 0.1) is 39.2 Å². The molecule has 0 atom stereocenters. The van der Waals surface area contributed by atoms with Crippen LogP contribution in [0.25, 0.3) is 31.2 Å². The lowest BCUT2D eigenvalue weighted by Crippen LogP contribution is -2.24. The summed E-state index contributed by atoms with van der Waals surface area (Å²) < 4.78 is 49.8. The van der Waals surface area contributed by atoms with E-state index in [1.807, 2.05) is 19.1 Å². The second-order valence-electron chi connectivity index (χ2n) is 8.43. The Morgan fingerprint density at radius 3 is 2.74 bits per heavy atom. The van der Waals surface area contributed by atoms with E-state index in [4.69, 9.17) is 4.74 Å². The van der Waals surface area contributed by atoms with Crippen LogP contribution in [0.15, 0.2) is 53.8 Å². The molecule has 6 rings (SSSR count). The summed E-state index contributed by atoms with van der Waals surface area (Å²) in [6.07, 6.45) is 3.11. The normalized spacial score (nSPS) is 14.4. The third-order valence-corrected chi connectivity index (χ3v) is 9.86. The lowest BCUT2D eigenvalue weighted by atomic mass is 10.1. The molecule has 0 radical (unpaired) electrons. The van der Waals surface area contributed by atoms with E-state index < -0.39 is 21.7 Å². The summed E-state index contributed by atoms with van der Waals surface area (Å²) in [5.41, 5.74) is 2.79. The lowest BCUT2D eigenvalue weighted by molar-refractivity contribution is 0.0947. The minimum Gasteiger partial charge on any atom is -0.480 e. The maximum Gasteiger partial charge on any atom is 0.262 e. The van der Waals surface area contributed by atoms with E-state index in [0.717, 1.165) is 54.3 Å². The number of rotatable bonds is 1. The lowest BCUT2D eigenvalue weighted by Gasteiger charge is -2.13. The van der Waals surface area contributed by atoms with Crippen molar-refractivity contribution in [3.05, 3.63) is 70.7 Å². The highest BCUT2D eigenvalue weighted by Gasteiger charge is 2.24. The standard InChI is InChI=1S/C25H18FN5O4S3/c1-12-20-23-21(30-11-29-20)19-6-3-14(36-19)10-27-24(32)16-8-15(4-5-17(16)26)38(33,34)31-18-7-13(22(12)37-23)9-28-25(18)35-2/h3-9,11,31H,10H2,1-2H3,(H,27,32). The Morgan fingerprint density at radius 2 is 1.92 bits per heavy atom.